The maximum Gasteiger partial charge on any atom is 0.308 e. The van der Waals surface area contributed by atoms with E-state index in [1.54, 1.807) is 13.8 Å². The molecule has 1 aliphatic carbocycles. The molecule has 2 rings (SSSR count). The van der Waals surface area contributed by atoms with Crippen LogP contribution in [0.5, 0.6) is 0 Å². The van der Waals surface area contributed by atoms with Crippen LogP contribution in [-0.2, 0) is 23.9 Å². The maximum atomic E-state index is 13.3. The number of carbonyl (C=O) groups excluding carboxylic acids is 2. The van der Waals surface area contributed by atoms with Crippen molar-refractivity contribution in [1.82, 2.24) is 10.6 Å². The molecule has 2 amide bonds. The molecule has 2 fully saturated rings. The van der Waals surface area contributed by atoms with Gasteiger partial charge in [0, 0.05) is 24.4 Å². The van der Waals surface area contributed by atoms with Crippen molar-refractivity contribution in [3.05, 3.63) is 0 Å². The molecule has 1 heterocycles. The Labute approximate surface area is 249 Å². The summed E-state index contributed by atoms with van der Waals surface area (Å²) in [6.07, 6.45) is 15.0. The van der Waals surface area contributed by atoms with Gasteiger partial charge in [-0.15, -0.1) is 0 Å². The molecule has 0 radical (unpaired) electrons. The Morgan fingerprint density at radius 2 is 1.51 bits per heavy atom. The number of hydrogen-bond donors (Lipinski definition) is 3. The first kappa shape index (κ1) is 35.5. The average Bonchev–Trinajstić information content (AvgIpc) is 2.91. The summed E-state index contributed by atoms with van der Waals surface area (Å²) in [5.41, 5.74) is -0.538. The van der Waals surface area contributed by atoms with Crippen LogP contribution in [-0.4, -0.2) is 54.0 Å². The van der Waals surface area contributed by atoms with Gasteiger partial charge in [0.1, 0.15) is 6.10 Å². The number of amides is 2. The number of ether oxygens (including phenoxy) is 2. The molecule has 8 heteroatoms. The standard InChI is InChI=1S/C33H60N2O6/c1-7-9-11-13-17-24(18-14-12-10-8-2)21-28(36)35-27-20-16-15-19-25(27)26(31(38)39)22-34-30(37)29-32(3,4)23-40-33(5,6)41-29/h24-27,29H,7-23H2,1-6H3,(H,34,37)(H,35,36)(H,38,39)/t25-,26?,27-,29?/m0/s1. The van der Waals surface area contributed by atoms with Crippen molar-refractivity contribution >= 4 is 17.8 Å². The van der Waals surface area contributed by atoms with E-state index in [0.29, 0.717) is 18.9 Å². The molecule has 1 saturated carbocycles. The Hall–Kier alpha value is -1.67. The molecule has 0 spiro atoms. The summed E-state index contributed by atoms with van der Waals surface area (Å²) in [5.74, 6) is -2.71. The number of unbranched alkanes of at least 4 members (excludes halogenated alkanes) is 6. The second kappa shape index (κ2) is 17.4. The number of carboxylic acid groups (broad SMARTS) is 1. The number of aliphatic carboxylic acids is 1. The van der Waals surface area contributed by atoms with Crippen LogP contribution in [0.1, 0.15) is 138 Å². The minimum atomic E-state index is -0.936. The fraction of sp³-hybridized carbons (Fsp3) is 0.909. The van der Waals surface area contributed by atoms with Gasteiger partial charge in [-0.25, -0.2) is 0 Å². The average molecular weight is 581 g/mol. The second-order valence-electron chi connectivity index (χ2n) is 13.8. The maximum absolute atomic E-state index is 13.3. The van der Waals surface area contributed by atoms with Crippen LogP contribution < -0.4 is 10.6 Å². The Morgan fingerprint density at radius 1 is 0.902 bits per heavy atom. The molecule has 0 aromatic rings. The Kier molecular flexibility index (Phi) is 15.1. The molecule has 238 valence electrons. The van der Waals surface area contributed by atoms with Gasteiger partial charge >= 0.3 is 5.97 Å². The topological polar surface area (TPSA) is 114 Å². The Balaban J connectivity index is 2.01. The van der Waals surface area contributed by atoms with Crippen LogP contribution in [0.25, 0.3) is 0 Å². The molecule has 0 aromatic carbocycles. The first-order valence-corrected chi connectivity index (χ1v) is 16.5. The van der Waals surface area contributed by atoms with Crippen molar-refractivity contribution in [2.24, 2.45) is 23.2 Å². The molecular weight excluding hydrogens is 520 g/mol. The van der Waals surface area contributed by atoms with E-state index < -0.39 is 29.2 Å². The van der Waals surface area contributed by atoms with Crippen molar-refractivity contribution in [1.29, 1.82) is 0 Å². The predicted molar refractivity (Wildman–Crippen MR) is 162 cm³/mol. The van der Waals surface area contributed by atoms with E-state index in [1.165, 1.54) is 38.5 Å². The SMILES string of the molecule is CCCCCCC(CCCCCC)CC(=O)N[C@H]1CCCC[C@H]1C(CNC(=O)C1OC(C)(C)OCC1(C)C)C(=O)O. The van der Waals surface area contributed by atoms with E-state index in [4.69, 9.17) is 9.47 Å². The summed E-state index contributed by atoms with van der Waals surface area (Å²) in [5, 5.41) is 16.3. The van der Waals surface area contributed by atoms with Gasteiger partial charge in [-0.05, 0) is 51.4 Å². The van der Waals surface area contributed by atoms with Gasteiger partial charge in [0.15, 0.2) is 5.79 Å². The number of nitrogens with one attached hydrogen (secondary N) is 2. The molecule has 1 aliphatic heterocycles. The highest BCUT2D eigenvalue weighted by atomic mass is 16.7. The van der Waals surface area contributed by atoms with E-state index in [-0.39, 0.29) is 30.3 Å². The van der Waals surface area contributed by atoms with Gasteiger partial charge < -0.3 is 25.2 Å². The molecule has 3 N–H and O–H groups in total. The van der Waals surface area contributed by atoms with Gasteiger partial charge in [-0.1, -0.05) is 91.9 Å². The smallest absolute Gasteiger partial charge is 0.308 e. The molecule has 2 unspecified atom stereocenters. The zero-order valence-electron chi connectivity index (χ0n) is 26.9. The van der Waals surface area contributed by atoms with Crippen LogP contribution in [0, 0.1) is 23.2 Å². The number of rotatable bonds is 18. The monoisotopic (exact) mass is 580 g/mol. The third-order valence-corrected chi connectivity index (χ3v) is 9.04. The molecule has 4 atom stereocenters. The minimum Gasteiger partial charge on any atom is -0.481 e. The van der Waals surface area contributed by atoms with Gasteiger partial charge in [0.05, 0.1) is 12.5 Å². The summed E-state index contributed by atoms with van der Waals surface area (Å²) in [6.45, 7) is 12.2. The summed E-state index contributed by atoms with van der Waals surface area (Å²) in [7, 11) is 0. The lowest BCUT2D eigenvalue weighted by Gasteiger charge is -2.45. The van der Waals surface area contributed by atoms with Crippen molar-refractivity contribution in [3.63, 3.8) is 0 Å². The highest BCUT2D eigenvalue weighted by molar-refractivity contribution is 5.82. The van der Waals surface area contributed by atoms with E-state index in [2.05, 4.69) is 24.5 Å². The lowest BCUT2D eigenvalue weighted by molar-refractivity contribution is -0.304. The molecule has 8 nitrogen and oxygen atoms in total. The summed E-state index contributed by atoms with van der Waals surface area (Å²) in [4.78, 5) is 38.9. The lowest BCUT2D eigenvalue weighted by Crippen LogP contribution is -2.57. The third-order valence-electron chi connectivity index (χ3n) is 9.04. The predicted octanol–water partition coefficient (Wildman–Crippen LogP) is 6.60. The first-order valence-electron chi connectivity index (χ1n) is 16.5. The van der Waals surface area contributed by atoms with Crippen LogP contribution >= 0.6 is 0 Å². The molecule has 2 aliphatic rings. The van der Waals surface area contributed by atoms with Crippen LogP contribution in [0.4, 0.5) is 0 Å². The third kappa shape index (κ3) is 12.2. The Bertz CT molecular complexity index is 802. The normalized spacial score (nSPS) is 24.5. The largest absolute Gasteiger partial charge is 0.481 e. The molecule has 0 bridgehead atoms. The second-order valence-corrected chi connectivity index (χ2v) is 13.8. The van der Waals surface area contributed by atoms with Crippen molar-refractivity contribution in [3.8, 4) is 0 Å². The summed E-state index contributed by atoms with van der Waals surface area (Å²) < 4.78 is 11.7. The van der Waals surface area contributed by atoms with Crippen LogP contribution in [0.15, 0.2) is 0 Å². The van der Waals surface area contributed by atoms with E-state index >= 15 is 0 Å². The molecule has 41 heavy (non-hydrogen) atoms. The van der Waals surface area contributed by atoms with Crippen molar-refractivity contribution in [2.45, 2.75) is 156 Å². The van der Waals surface area contributed by atoms with Gasteiger partial charge in [0.2, 0.25) is 11.8 Å². The highest BCUT2D eigenvalue weighted by Gasteiger charge is 2.46. The van der Waals surface area contributed by atoms with Crippen LogP contribution in [0.2, 0.25) is 0 Å². The van der Waals surface area contributed by atoms with Gasteiger partial charge in [0.25, 0.3) is 0 Å². The number of carboxylic acids is 1. The Morgan fingerprint density at radius 3 is 2.10 bits per heavy atom. The minimum absolute atomic E-state index is 0.0138. The van der Waals surface area contributed by atoms with Gasteiger partial charge in [-0.2, -0.15) is 0 Å². The molecule has 1 saturated heterocycles. The zero-order chi connectivity index (χ0) is 30.5. The lowest BCUT2D eigenvalue weighted by atomic mass is 9.76. The number of carbonyl (C=O) groups is 3. The zero-order valence-corrected chi connectivity index (χ0v) is 26.9. The van der Waals surface area contributed by atoms with E-state index in [0.717, 1.165) is 51.4 Å². The van der Waals surface area contributed by atoms with E-state index in [1.807, 2.05) is 13.8 Å². The quantitative estimate of drug-likeness (QED) is 0.157. The highest BCUT2D eigenvalue weighted by Crippen LogP contribution is 2.35. The van der Waals surface area contributed by atoms with Crippen LogP contribution in [0.3, 0.4) is 0 Å². The fourth-order valence-corrected chi connectivity index (χ4v) is 6.46. The van der Waals surface area contributed by atoms with E-state index in [9.17, 15) is 19.5 Å². The van der Waals surface area contributed by atoms with Crippen molar-refractivity contribution < 1.29 is 29.0 Å². The number of hydrogen-bond acceptors (Lipinski definition) is 5. The van der Waals surface area contributed by atoms with Crippen molar-refractivity contribution in [2.75, 3.05) is 13.2 Å². The molecule has 0 aromatic heterocycles. The fourth-order valence-electron chi connectivity index (χ4n) is 6.46. The van der Waals surface area contributed by atoms with Gasteiger partial charge in [-0.3, -0.25) is 14.4 Å². The molecular formula is C33H60N2O6. The summed E-state index contributed by atoms with van der Waals surface area (Å²) in [6, 6.07) is -0.190. The summed E-state index contributed by atoms with van der Waals surface area (Å²) >= 11 is 0. The first-order chi connectivity index (χ1) is 19.4.